The van der Waals surface area contributed by atoms with Gasteiger partial charge in [0.15, 0.2) is 6.23 Å². The van der Waals surface area contributed by atoms with Gasteiger partial charge in [0.2, 0.25) is 11.8 Å². The van der Waals surface area contributed by atoms with Crippen LogP contribution in [0.25, 0.3) is 10.8 Å². The molecule has 0 radical (unpaired) electrons. The lowest BCUT2D eigenvalue weighted by Gasteiger charge is -2.24. The van der Waals surface area contributed by atoms with Crippen molar-refractivity contribution in [3.8, 4) is 11.8 Å². The first kappa shape index (κ1) is 23.0. The van der Waals surface area contributed by atoms with Gasteiger partial charge in [0.25, 0.3) is 0 Å². The van der Waals surface area contributed by atoms with Gasteiger partial charge in [-0.3, -0.25) is 14.2 Å². The van der Waals surface area contributed by atoms with E-state index in [1.54, 1.807) is 6.07 Å². The number of fused-ring (bicyclic) bond motifs is 1. The minimum Gasteiger partial charge on any atom is -0.494 e. The molecule has 1 unspecified atom stereocenters. The first-order chi connectivity index (χ1) is 14.8. The molecular weight excluding hydrogens is 404 g/mol. The van der Waals surface area contributed by atoms with Gasteiger partial charge in [-0.2, -0.15) is 0 Å². The number of alkyl carbamates (subject to hydrolysis) is 1. The summed E-state index contributed by atoms with van der Waals surface area (Å²) in [5.41, 5.74) is 2.56. The second-order valence-corrected chi connectivity index (χ2v) is 8.45. The van der Waals surface area contributed by atoms with Gasteiger partial charge in [-0.05, 0) is 52.2 Å². The number of hydrogen-bond acceptors (Lipinski definition) is 8. The van der Waals surface area contributed by atoms with Gasteiger partial charge in [-0.1, -0.05) is 11.7 Å². The van der Waals surface area contributed by atoms with E-state index in [9.17, 15) is 15.0 Å². The number of nitrogens with zero attached hydrogens (tertiary/aromatic N) is 1. The smallest absolute Gasteiger partial charge is 0.407 e. The van der Waals surface area contributed by atoms with Crippen LogP contribution in [-0.4, -0.2) is 46.2 Å². The monoisotopic (exact) mass is 436 g/mol. The number of aromatic nitrogens is 1. The number of carbonyl (C=O) groups excluding carboxylic acids is 1. The minimum absolute atomic E-state index is 0.0573. The van der Waals surface area contributed by atoms with Crippen molar-refractivity contribution in [3.63, 3.8) is 0 Å². The highest BCUT2D eigenvalue weighted by Crippen LogP contribution is 2.43. The van der Waals surface area contributed by atoms with E-state index in [-0.39, 0.29) is 11.8 Å². The molecule has 5 N–H and O–H groups in total. The molecule has 1 aromatic heterocycles. The van der Waals surface area contributed by atoms with Gasteiger partial charge in [-0.15, -0.1) is 0 Å². The summed E-state index contributed by atoms with van der Waals surface area (Å²) >= 11 is 0. The lowest BCUT2D eigenvalue weighted by Crippen LogP contribution is -2.33. The van der Waals surface area contributed by atoms with Crippen molar-refractivity contribution in [2.24, 2.45) is 0 Å². The fourth-order valence-electron chi connectivity index (χ4n) is 3.44. The minimum atomic E-state index is -0.577. The van der Waals surface area contributed by atoms with E-state index in [4.69, 9.17) is 14.4 Å². The molecule has 0 aliphatic carbocycles. The molecule has 2 aromatic rings. The fourth-order valence-corrected chi connectivity index (χ4v) is 3.44. The number of carbonyl (C=O) groups is 1. The number of unbranched alkanes of at least 4 members (excludes halogenated alkanes) is 2. The number of hydrogen-bond donors (Lipinski definition) is 5. The molecule has 0 bridgehead atoms. The third kappa shape index (κ3) is 5.93. The zero-order valence-corrected chi connectivity index (χ0v) is 18.2. The maximum absolute atomic E-state index is 11.6. The molecule has 1 fully saturated rings. The molecule has 1 atom stereocenters. The van der Waals surface area contributed by atoms with Crippen LogP contribution in [-0.2, 0) is 14.4 Å². The Hall–Kier alpha value is -2.69. The van der Waals surface area contributed by atoms with Crippen LogP contribution in [0.4, 0.5) is 10.5 Å². The first-order valence-corrected chi connectivity index (χ1v) is 10.6. The third-order valence-electron chi connectivity index (χ3n) is 4.82. The van der Waals surface area contributed by atoms with Crippen molar-refractivity contribution in [1.29, 1.82) is 0 Å². The fraction of sp³-hybridized carbons (Fsp3) is 0.571. The Kier molecular flexibility index (Phi) is 7.47. The summed E-state index contributed by atoms with van der Waals surface area (Å²) in [5, 5.41) is 28.5. The van der Waals surface area contributed by atoms with Crippen LogP contribution in [0, 0.1) is 0 Å². The molecule has 1 amide bonds. The molecule has 10 nitrogen and oxygen atoms in total. The zero-order valence-electron chi connectivity index (χ0n) is 18.2. The second-order valence-electron chi connectivity index (χ2n) is 8.45. The quantitative estimate of drug-likeness (QED) is 0.398. The van der Waals surface area contributed by atoms with Crippen LogP contribution < -0.4 is 16.3 Å². The third-order valence-corrected chi connectivity index (χ3v) is 4.82. The summed E-state index contributed by atoms with van der Waals surface area (Å²) in [7, 11) is 0. The Balaban J connectivity index is 1.51. The van der Waals surface area contributed by atoms with Gasteiger partial charge in [0.05, 0.1) is 12.0 Å². The average molecular weight is 437 g/mol. The van der Waals surface area contributed by atoms with Crippen molar-refractivity contribution in [2.75, 3.05) is 25.0 Å². The lowest BCUT2D eigenvalue weighted by atomic mass is 10.1. The molecule has 31 heavy (non-hydrogen) atoms. The van der Waals surface area contributed by atoms with Crippen molar-refractivity contribution < 1.29 is 29.4 Å². The molecular formula is C21H32N4O6. The Bertz CT molecular complexity index is 886. The lowest BCUT2D eigenvalue weighted by molar-refractivity contribution is -0.261. The van der Waals surface area contributed by atoms with Crippen molar-refractivity contribution in [1.82, 2.24) is 15.5 Å². The first-order valence-electron chi connectivity index (χ1n) is 10.6. The van der Waals surface area contributed by atoms with Gasteiger partial charge >= 0.3 is 6.09 Å². The number of rotatable bonds is 8. The molecule has 0 saturated carbocycles. The predicted octanol–water partition coefficient (Wildman–Crippen LogP) is 3.51. The van der Waals surface area contributed by atoms with Crippen LogP contribution in [0.1, 0.15) is 52.7 Å². The number of benzene rings is 1. The summed E-state index contributed by atoms with van der Waals surface area (Å²) in [5.74, 6) is -0.121. The highest BCUT2D eigenvalue weighted by Gasteiger charge is 2.27. The Morgan fingerprint density at radius 3 is 2.71 bits per heavy atom. The molecule has 1 aliphatic heterocycles. The summed E-state index contributed by atoms with van der Waals surface area (Å²) in [6, 6.07) is 5.43. The number of amides is 1. The topological polar surface area (TPSA) is 126 Å². The molecule has 2 heterocycles. The average Bonchev–Trinajstić information content (AvgIpc) is 2.97. The molecule has 1 aromatic carbocycles. The van der Waals surface area contributed by atoms with Crippen LogP contribution >= 0.6 is 0 Å². The number of ether oxygens (including phenoxy) is 1. The summed E-state index contributed by atoms with van der Waals surface area (Å²) in [4.78, 5) is 21.8. The van der Waals surface area contributed by atoms with Gasteiger partial charge in [0.1, 0.15) is 5.60 Å². The standard InChI is InChI=1S/C21H32N4O6/c1-21(2,3)30-20(28)23-12-6-4-5-11-22-15-9-7-8-14-17(15)19(27)25(18(14)26)16-10-13-29-24-31-16/h7-9,16,22,24,26-27H,4-6,10-13H2,1-3H3,(H,23,28). The Morgan fingerprint density at radius 2 is 2.00 bits per heavy atom. The summed E-state index contributed by atoms with van der Waals surface area (Å²) in [6.45, 7) is 7.13. The van der Waals surface area contributed by atoms with Crippen molar-refractivity contribution >= 4 is 22.6 Å². The normalized spacial score (nSPS) is 16.9. The molecule has 1 saturated heterocycles. The van der Waals surface area contributed by atoms with Gasteiger partial charge < -0.3 is 25.6 Å². The second kappa shape index (κ2) is 10.1. The molecule has 172 valence electrons. The van der Waals surface area contributed by atoms with E-state index in [0.717, 1.165) is 24.9 Å². The SMILES string of the molecule is CC(C)(C)OC(=O)NCCCCCNc1cccc2c(O)n(C3CCONO3)c(O)c12. The molecule has 1 aliphatic rings. The van der Waals surface area contributed by atoms with Crippen LogP contribution in [0.3, 0.4) is 0 Å². The van der Waals surface area contributed by atoms with Crippen molar-refractivity contribution in [2.45, 2.75) is 58.3 Å². The predicted molar refractivity (Wildman–Crippen MR) is 116 cm³/mol. The van der Waals surface area contributed by atoms with E-state index >= 15 is 0 Å². The largest absolute Gasteiger partial charge is 0.494 e. The molecule has 0 spiro atoms. The number of aromatic hydroxyl groups is 2. The van der Waals surface area contributed by atoms with Crippen LogP contribution in [0.2, 0.25) is 0 Å². The maximum Gasteiger partial charge on any atom is 0.407 e. The van der Waals surface area contributed by atoms with Gasteiger partial charge in [-0.25, -0.2) is 4.79 Å². The molecule has 10 heteroatoms. The number of nitrogens with one attached hydrogen (secondary N) is 3. The Labute approximate surface area is 181 Å². The summed E-state index contributed by atoms with van der Waals surface area (Å²) < 4.78 is 6.56. The zero-order chi connectivity index (χ0) is 22.4. The molecule has 3 rings (SSSR count). The van der Waals surface area contributed by atoms with E-state index in [1.807, 2.05) is 32.9 Å². The number of anilines is 1. The van der Waals surface area contributed by atoms with Crippen LogP contribution in [0.15, 0.2) is 18.2 Å². The summed E-state index contributed by atoms with van der Waals surface area (Å²) in [6.07, 6.45) is 2.13. The highest BCUT2D eigenvalue weighted by atomic mass is 16.9. The van der Waals surface area contributed by atoms with E-state index in [0.29, 0.717) is 36.9 Å². The van der Waals surface area contributed by atoms with E-state index < -0.39 is 17.9 Å². The Morgan fingerprint density at radius 1 is 1.23 bits per heavy atom. The van der Waals surface area contributed by atoms with Crippen molar-refractivity contribution in [3.05, 3.63) is 18.2 Å². The van der Waals surface area contributed by atoms with E-state index in [2.05, 4.69) is 16.3 Å². The highest BCUT2D eigenvalue weighted by molar-refractivity contribution is 6.02. The maximum atomic E-state index is 11.6. The van der Waals surface area contributed by atoms with Gasteiger partial charge in [0, 0.05) is 30.6 Å². The van der Waals surface area contributed by atoms with E-state index in [1.165, 1.54) is 4.57 Å². The van der Waals surface area contributed by atoms with Crippen LogP contribution in [0.5, 0.6) is 11.8 Å².